The molecule has 0 spiro atoms. The number of hydrogen-bond acceptors (Lipinski definition) is 2. The van der Waals surface area contributed by atoms with E-state index >= 15 is 0 Å². The first-order valence-electron chi connectivity index (χ1n) is 7.50. The zero-order chi connectivity index (χ0) is 15.5. The molecule has 1 aromatic heterocycles. The van der Waals surface area contributed by atoms with Crippen LogP contribution in [0.25, 0.3) is 11.0 Å². The molecule has 1 heterocycles. The van der Waals surface area contributed by atoms with Crippen LogP contribution < -0.4 is 10.5 Å². The lowest BCUT2D eigenvalue weighted by Gasteiger charge is -2.15. The Bertz CT molecular complexity index is 837. The van der Waals surface area contributed by atoms with E-state index in [2.05, 4.69) is 37.4 Å². The summed E-state index contributed by atoms with van der Waals surface area (Å²) in [5.41, 5.74) is 3.83. The molecule has 0 aliphatic carbocycles. The Labute approximate surface area is 129 Å². The Morgan fingerprint density at radius 2 is 1.77 bits per heavy atom. The van der Waals surface area contributed by atoms with Crippen molar-refractivity contribution in [2.45, 2.75) is 20.0 Å². The van der Waals surface area contributed by atoms with Crippen molar-refractivity contribution in [1.29, 1.82) is 0 Å². The highest BCUT2D eigenvalue weighted by molar-refractivity contribution is 5.80. The first kappa shape index (κ1) is 14.5. The normalized spacial score (nSPS) is 12.5. The van der Waals surface area contributed by atoms with Crippen LogP contribution in [0.1, 0.15) is 16.7 Å². The van der Waals surface area contributed by atoms with E-state index in [9.17, 15) is 4.79 Å². The maximum Gasteiger partial charge on any atom is 0.336 e. The van der Waals surface area contributed by atoms with Crippen LogP contribution in [0.2, 0.25) is 0 Å². The molecule has 1 atom stereocenters. The first-order valence-corrected chi connectivity index (χ1v) is 7.50. The maximum absolute atomic E-state index is 11.8. The number of quaternary nitrogens is 1. The van der Waals surface area contributed by atoms with Gasteiger partial charge in [-0.05, 0) is 18.6 Å². The molecule has 22 heavy (non-hydrogen) atoms. The lowest BCUT2D eigenvalue weighted by atomic mass is 10.1. The molecule has 0 bridgehead atoms. The van der Waals surface area contributed by atoms with Crippen LogP contribution in [0.4, 0.5) is 0 Å². The molecule has 3 nitrogen and oxygen atoms in total. The van der Waals surface area contributed by atoms with Crippen molar-refractivity contribution in [1.82, 2.24) is 0 Å². The van der Waals surface area contributed by atoms with Gasteiger partial charge in [0.15, 0.2) is 0 Å². The fourth-order valence-corrected chi connectivity index (χ4v) is 2.82. The van der Waals surface area contributed by atoms with Crippen LogP contribution in [-0.2, 0) is 13.1 Å². The van der Waals surface area contributed by atoms with Gasteiger partial charge in [-0.3, -0.25) is 0 Å². The topological polar surface area (TPSA) is 34.7 Å². The second-order valence-corrected chi connectivity index (χ2v) is 5.89. The highest BCUT2D eigenvalue weighted by Gasteiger charge is 2.11. The second kappa shape index (κ2) is 6.16. The molecule has 0 fully saturated rings. The summed E-state index contributed by atoms with van der Waals surface area (Å²) < 4.78 is 5.32. The zero-order valence-corrected chi connectivity index (χ0v) is 12.9. The van der Waals surface area contributed by atoms with Gasteiger partial charge in [0.25, 0.3) is 0 Å². The predicted molar refractivity (Wildman–Crippen MR) is 88.0 cm³/mol. The Morgan fingerprint density at radius 3 is 2.55 bits per heavy atom. The van der Waals surface area contributed by atoms with E-state index in [4.69, 9.17) is 4.42 Å². The van der Waals surface area contributed by atoms with Crippen LogP contribution in [0.15, 0.2) is 63.8 Å². The Balaban J connectivity index is 1.88. The molecule has 1 N–H and O–H groups in total. The fraction of sp³-hybridized carbons (Fsp3) is 0.211. The fourth-order valence-electron chi connectivity index (χ4n) is 2.82. The minimum atomic E-state index is -0.277. The van der Waals surface area contributed by atoms with Gasteiger partial charge >= 0.3 is 5.63 Å². The molecular weight excluding hydrogens is 274 g/mol. The third kappa shape index (κ3) is 3.26. The summed E-state index contributed by atoms with van der Waals surface area (Å²) in [6, 6.07) is 18.0. The van der Waals surface area contributed by atoms with E-state index in [1.54, 1.807) is 6.07 Å². The molecule has 3 rings (SSSR count). The maximum atomic E-state index is 11.8. The van der Waals surface area contributed by atoms with Crippen LogP contribution in [0.3, 0.4) is 0 Å². The van der Waals surface area contributed by atoms with Gasteiger partial charge in [-0.15, -0.1) is 0 Å². The predicted octanol–water partition coefficient (Wildman–Crippen LogP) is 2.32. The zero-order valence-electron chi connectivity index (χ0n) is 12.9. The summed E-state index contributed by atoms with van der Waals surface area (Å²) in [7, 11) is 2.14. The lowest BCUT2D eigenvalue weighted by molar-refractivity contribution is -0.907. The highest BCUT2D eigenvalue weighted by atomic mass is 16.4. The van der Waals surface area contributed by atoms with Gasteiger partial charge in [0.05, 0.1) is 7.05 Å². The van der Waals surface area contributed by atoms with Crippen molar-refractivity contribution in [3.05, 3.63) is 81.7 Å². The number of rotatable bonds is 4. The number of fused-ring (bicyclic) bond motifs is 1. The Hall–Kier alpha value is -2.39. The van der Waals surface area contributed by atoms with Gasteiger partial charge in [0.2, 0.25) is 0 Å². The SMILES string of the molecule is Cc1ccc2c(C[NH+](C)Cc3ccccc3)cc(=O)oc2c1. The third-order valence-electron chi connectivity index (χ3n) is 3.83. The van der Waals surface area contributed by atoms with Crippen LogP contribution >= 0.6 is 0 Å². The summed E-state index contributed by atoms with van der Waals surface area (Å²) in [4.78, 5) is 13.1. The average Bonchev–Trinajstić information content (AvgIpc) is 2.47. The van der Waals surface area contributed by atoms with Gasteiger partial charge in [-0.2, -0.15) is 0 Å². The molecule has 3 heteroatoms. The van der Waals surface area contributed by atoms with E-state index < -0.39 is 0 Å². The van der Waals surface area contributed by atoms with Crippen molar-refractivity contribution in [3.63, 3.8) is 0 Å². The van der Waals surface area contributed by atoms with Crippen molar-refractivity contribution in [3.8, 4) is 0 Å². The summed E-state index contributed by atoms with van der Waals surface area (Å²) in [6.07, 6.45) is 0. The molecule has 112 valence electrons. The van der Waals surface area contributed by atoms with Crippen LogP contribution in [0, 0.1) is 6.92 Å². The van der Waals surface area contributed by atoms with E-state index in [0.29, 0.717) is 5.58 Å². The van der Waals surface area contributed by atoms with Crippen molar-refractivity contribution in [2.24, 2.45) is 0 Å². The average molecular weight is 294 g/mol. The lowest BCUT2D eigenvalue weighted by Crippen LogP contribution is -3.06. The molecule has 0 aliphatic heterocycles. The summed E-state index contributed by atoms with van der Waals surface area (Å²) in [5, 5.41) is 1.03. The van der Waals surface area contributed by atoms with Gasteiger partial charge in [-0.25, -0.2) is 4.79 Å². The van der Waals surface area contributed by atoms with Crippen molar-refractivity contribution < 1.29 is 9.32 Å². The molecule has 1 unspecified atom stereocenters. The molecular formula is C19H20NO2+. The molecule has 0 aliphatic rings. The Morgan fingerprint density at radius 1 is 1.00 bits per heavy atom. The second-order valence-electron chi connectivity index (χ2n) is 5.89. The summed E-state index contributed by atoms with van der Waals surface area (Å²) in [6.45, 7) is 3.72. The minimum Gasteiger partial charge on any atom is -0.423 e. The van der Waals surface area contributed by atoms with Gasteiger partial charge in [0, 0.05) is 22.6 Å². The van der Waals surface area contributed by atoms with E-state index in [0.717, 1.165) is 29.6 Å². The largest absolute Gasteiger partial charge is 0.423 e. The molecule has 0 amide bonds. The summed E-state index contributed by atoms with van der Waals surface area (Å²) >= 11 is 0. The number of aryl methyl sites for hydroxylation is 1. The van der Waals surface area contributed by atoms with Gasteiger partial charge < -0.3 is 9.32 Å². The molecule has 0 saturated heterocycles. The number of nitrogens with one attached hydrogen (secondary N) is 1. The quantitative estimate of drug-likeness (QED) is 0.749. The smallest absolute Gasteiger partial charge is 0.336 e. The number of benzene rings is 2. The monoisotopic (exact) mass is 294 g/mol. The minimum absolute atomic E-state index is 0.277. The molecule has 0 radical (unpaired) electrons. The molecule has 3 aromatic rings. The number of hydrogen-bond donors (Lipinski definition) is 1. The first-order chi connectivity index (χ1) is 10.6. The van der Waals surface area contributed by atoms with Crippen LogP contribution in [0.5, 0.6) is 0 Å². The van der Waals surface area contributed by atoms with Crippen molar-refractivity contribution >= 4 is 11.0 Å². The highest BCUT2D eigenvalue weighted by Crippen LogP contribution is 2.17. The van der Waals surface area contributed by atoms with E-state index in [-0.39, 0.29) is 5.63 Å². The van der Waals surface area contributed by atoms with Crippen molar-refractivity contribution in [2.75, 3.05) is 7.05 Å². The molecule has 2 aromatic carbocycles. The van der Waals surface area contributed by atoms with Crippen LogP contribution in [-0.4, -0.2) is 7.05 Å². The molecule has 0 saturated carbocycles. The standard InChI is InChI=1S/C19H19NO2/c1-14-8-9-17-16(11-19(21)22-18(17)10-14)13-20(2)12-15-6-4-3-5-7-15/h3-11H,12-13H2,1-2H3/p+1. The van der Waals surface area contributed by atoms with E-state index in [1.807, 2.05) is 25.1 Å². The van der Waals surface area contributed by atoms with E-state index in [1.165, 1.54) is 10.5 Å². The Kier molecular flexibility index (Phi) is 4.07. The van der Waals surface area contributed by atoms with Gasteiger partial charge in [-0.1, -0.05) is 42.5 Å². The third-order valence-corrected chi connectivity index (χ3v) is 3.83. The summed E-state index contributed by atoms with van der Waals surface area (Å²) in [5.74, 6) is 0. The van der Waals surface area contributed by atoms with Gasteiger partial charge in [0.1, 0.15) is 18.7 Å².